The summed E-state index contributed by atoms with van der Waals surface area (Å²) in [6.07, 6.45) is 3.50. The molecule has 0 spiro atoms. The van der Waals surface area contributed by atoms with Crippen molar-refractivity contribution >= 4 is 22.6 Å². The van der Waals surface area contributed by atoms with E-state index in [1.807, 2.05) is 78.9 Å². The fourth-order valence-electron chi connectivity index (χ4n) is 5.93. The van der Waals surface area contributed by atoms with Crippen molar-refractivity contribution < 1.29 is 19.1 Å². The molecule has 43 heavy (non-hydrogen) atoms. The summed E-state index contributed by atoms with van der Waals surface area (Å²) in [5, 5.41) is 0. The van der Waals surface area contributed by atoms with Crippen molar-refractivity contribution in [1.82, 2.24) is 15.0 Å². The third kappa shape index (κ3) is 4.46. The van der Waals surface area contributed by atoms with E-state index < -0.39 is 5.41 Å². The number of fused-ring (bicyclic) bond motifs is 2. The molecule has 210 valence electrons. The first-order valence-corrected chi connectivity index (χ1v) is 14.0. The van der Waals surface area contributed by atoms with Gasteiger partial charge in [0.05, 0.1) is 12.6 Å². The first kappa shape index (κ1) is 26.3. The minimum Gasteiger partial charge on any atom is -0.494 e. The number of hydrogen-bond donors (Lipinski definition) is 1. The molecule has 0 saturated heterocycles. The Kier molecular flexibility index (Phi) is 6.55. The lowest BCUT2D eigenvalue weighted by Crippen LogP contribution is -2.41. The van der Waals surface area contributed by atoms with Gasteiger partial charge >= 0.3 is 0 Å². The Labute approximate surface area is 248 Å². The van der Waals surface area contributed by atoms with Gasteiger partial charge in [-0.2, -0.15) is 0 Å². The number of ketones is 2. The number of rotatable bonds is 8. The Morgan fingerprint density at radius 2 is 1.49 bits per heavy atom. The summed E-state index contributed by atoms with van der Waals surface area (Å²) in [5.74, 6) is 1.14. The second-order valence-corrected chi connectivity index (χ2v) is 10.6. The molecule has 1 aliphatic carbocycles. The number of hydrogen-bond acceptors (Lipinski definition) is 6. The van der Waals surface area contributed by atoms with Crippen LogP contribution in [0.1, 0.15) is 37.4 Å². The first-order chi connectivity index (χ1) is 21.1. The van der Waals surface area contributed by atoms with E-state index in [1.165, 1.54) is 0 Å². The van der Waals surface area contributed by atoms with Crippen molar-refractivity contribution in [2.45, 2.75) is 18.4 Å². The summed E-state index contributed by atoms with van der Waals surface area (Å²) in [4.78, 5) is 41.7. The minimum atomic E-state index is -1.53. The predicted molar refractivity (Wildman–Crippen MR) is 164 cm³/mol. The van der Waals surface area contributed by atoms with Crippen molar-refractivity contribution in [2.75, 3.05) is 7.11 Å². The molecular weight excluding hydrogens is 538 g/mol. The van der Waals surface area contributed by atoms with E-state index in [4.69, 9.17) is 14.5 Å². The van der Waals surface area contributed by atoms with Gasteiger partial charge in [-0.3, -0.25) is 14.6 Å². The highest BCUT2D eigenvalue weighted by Crippen LogP contribution is 2.46. The van der Waals surface area contributed by atoms with Crippen LogP contribution in [0.3, 0.4) is 0 Å². The van der Waals surface area contributed by atoms with Gasteiger partial charge in [-0.1, -0.05) is 66.7 Å². The average Bonchev–Trinajstić information content (AvgIpc) is 3.60. The summed E-state index contributed by atoms with van der Waals surface area (Å²) < 4.78 is 11.7. The fraction of sp³-hybridized carbons (Fsp3) is 0.111. The SMILES string of the molecule is COc1ccc(C2(Cc3ccncc3)C(=O)c3ccc(OCc4ccccc4)cc3C2=O)c2[nH]c(-c3ccccc3)nc12. The molecule has 0 radical (unpaired) electrons. The number of carbonyl (C=O) groups is 2. The number of H-pyrrole nitrogens is 1. The predicted octanol–water partition coefficient (Wildman–Crippen LogP) is 6.77. The molecule has 1 aliphatic rings. The van der Waals surface area contributed by atoms with Gasteiger partial charge in [0.25, 0.3) is 0 Å². The van der Waals surface area contributed by atoms with E-state index in [2.05, 4.69) is 9.97 Å². The minimum absolute atomic E-state index is 0.156. The number of ether oxygens (including phenoxy) is 2. The number of benzene rings is 4. The zero-order valence-corrected chi connectivity index (χ0v) is 23.4. The van der Waals surface area contributed by atoms with Crippen LogP contribution in [0.2, 0.25) is 0 Å². The van der Waals surface area contributed by atoms with Gasteiger partial charge in [-0.05, 0) is 53.9 Å². The molecule has 1 unspecified atom stereocenters. The standard InChI is InChI=1S/C36H27N3O4/c1-42-30-15-14-29(31-32(30)39-35(38-31)25-10-6-3-7-11-25)36(21-23-16-18-37-19-17-23)33(40)27-13-12-26(20-28(27)34(36)41)43-22-24-8-4-2-5-9-24/h2-20H,21-22H2,1H3,(H,38,39). The van der Waals surface area contributed by atoms with Crippen molar-refractivity contribution in [1.29, 1.82) is 0 Å². The number of imidazole rings is 1. The Morgan fingerprint density at radius 1 is 0.767 bits per heavy atom. The van der Waals surface area contributed by atoms with E-state index in [0.717, 1.165) is 16.7 Å². The van der Waals surface area contributed by atoms with Crippen LogP contribution < -0.4 is 9.47 Å². The number of methoxy groups -OCH3 is 1. The first-order valence-electron chi connectivity index (χ1n) is 14.0. The van der Waals surface area contributed by atoms with Crippen molar-refractivity contribution in [3.63, 3.8) is 0 Å². The molecule has 0 amide bonds. The molecule has 1 atom stereocenters. The number of nitrogens with zero attached hydrogens (tertiary/aromatic N) is 2. The number of carbonyl (C=O) groups excluding carboxylic acids is 2. The van der Waals surface area contributed by atoms with Crippen LogP contribution in [0.15, 0.2) is 116 Å². The third-order valence-electron chi connectivity index (χ3n) is 8.06. The van der Waals surface area contributed by atoms with Crippen LogP contribution in [0.5, 0.6) is 11.5 Å². The van der Waals surface area contributed by atoms with Crippen LogP contribution in [-0.4, -0.2) is 33.6 Å². The number of aromatic nitrogens is 3. The molecule has 1 N–H and O–H groups in total. The lowest BCUT2D eigenvalue weighted by molar-refractivity contribution is 0.0794. The molecule has 2 heterocycles. The van der Waals surface area contributed by atoms with Gasteiger partial charge in [-0.25, -0.2) is 4.98 Å². The van der Waals surface area contributed by atoms with Crippen LogP contribution in [0.4, 0.5) is 0 Å². The molecule has 0 aliphatic heterocycles. The Hall–Kier alpha value is -5.56. The van der Waals surface area contributed by atoms with E-state index in [9.17, 15) is 9.59 Å². The van der Waals surface area contributed by atoms with Crippen molar-refractivity contribution in [3.05, 3.63) is 143 Å². The van der Waals surface area contributed by atoms with Crippen LogP contribution >= 0.6 is 0 Å². The smallest absolute Gasteiger partial charge is 0.182 e. The second-order valence-electron chi connectivity index (χ2n) is 10.6. The van der Waals surface area contributed by atoms with Gasteiger partial charge in [0.15, 0.2) is 11.6 Å². The van der Waals surface area contributed by atoms with E-state index >= 15 is 0 Å². The average molecular weight is 566 g/mol. The van der Waals surface area contributed by atoms with Gasteiger partial charge in [0, 0.05) is 34.6 Å². The van der Waals surface area contributed by atoms with E-state index in [1.54, 1.807) is 43.8 Å². The summed E-state index contributed by atoms with van der Waals surface area (Å²) in [7, 11) is 1.58. The lowest BCUT2D eigenvalue weighted by Gasteiger charge is -2.27. The molecule has 0 saturated carbocycles. The van der Waals surface area contributed by atoms with Crippen LogP contribution in [0.25, 0.3) is 22.4 Å². The molecule has 7 nitrogen and oxygen atoms in total. The van der Waals surface area contributed by atoms with Crippen LogP contribution in [0, 0.1) is 0 Å². The van der Waals surface area contributed by atoms with Gasteiger partial charge < -0.3 is 14.5 Å². The molecule has 0 bridgehead atoms. The summed E-state index contributed by atoms with van der Waals surface area (Å²) >= 11 is 0. The third-order valence-corrected chi connectivity index (χ3v) is 8.06. The van der Waals surface area contributed by atoms with Gasteiger partial charge in [0.1, 0.15) is 34.9 Å². The molecule has 4 aromatic carbocycles. The maximum atomic E-state index is 14.7. The molecular formula is C36H27N3O4. The number of Topliss-reactive ketones (excluding diaryl/α,β-unsaturated/α-hetero) is 2. The highest BCUT2D eigenvalue weighted by Gasteiger charge is 2.55. The molecule has 7 heteroatoms. The van der Waals surface area contributed by atoms with Crippen molar-refractivity contribution in [2.24, 2.45) is 0 Å². The Balaban J connectivity index is 1.38. The zero-order valence-electron chi connectivity index (χ0n) is 23.4. The van der Waals surface area contributed by atoms with Gasteiger partial charge in [-0.15, -0.1) is 0 Å². The monoisotopic (exact) mass is 565 g/mol. The van der Waals surface area contributed by atoms with Crippen molar-refractivity contribution in [3.8, 4) is 22.9 Å². The van der Waals surface area contributed by atoms with E-state index in [0.29, 0.717) is 51.7 Å². The Bertz CT molecular complexity index is 1970. The van der Waals surface area contributed by atoms with Gasteiger partial charge in [0.2, 0.25) is 0 Å². The summed E-state index contributed by atoms with van der Waals surface area (Å²) in [6, 6.07) is 31.9. The lowest BCUT2D eigenvalue weighted by atomic mass is 9.71. The topological polar surface area (TPSA) is 94.2 Å². The maximum absolute atomic E-state index is 14.7. The normalized spacial score (nSPS) is 15.9. The quantitative estimate of drug-likeness (QED) is 0.205. The zero-order chi connectivity index (χ0) is 29.4. The number of nitrogens with one attached hydrogen (secondary N) is 1. The number of pyridine rings is 1. The summed E-state index contributed by atoms with van der Waals surface area (Å²) in [6.45, 7) is 0.347. The molecule has 6 aromatic rings. The highest BCUT2D eigenvalue weighted by atomic mass is 16.5. The Morgan fingerprint density at radius 3 is 2.23 bits per heavy atom. The highest BCUT2D eigenvalue weighted by molar-refractivity contribution is 6.34. The largest absolute Gasteiger partial charge is 0.494 e. The fourth-order valence-corrected chi connectivity index (χ4v) is 5.93. The molecule has 0 fully saturated rings. The molecule has 7 rings (SSSR count). The second kappa shape index (κ2) is 10.7. The van der Waals surface area contributed by atoms with E-state index in [-0.39, 0.29) is 18.0 Å². The number of aromatic amines is 1. The maximum Gasteiger partial charge on any atom is 0.182 e. The summed E-state index contributed by atoms with van der Waals surface area (Å²) in [5.41, 5.74) is 3.57. The molecule has 2 aromatic heterocycles. The van der Waals surface area contributed by atoms with Crippen LogP contribution in [-0.2, 0) is 18.4 Å².